The first-order valence-corrected chi connectivity index (χ1v) is 7.78. The van der Waals surface area contributed by atoms with Gasteiger partial charge in [0.25, 0.3) is 5.89 Å². The molecule has 0 aliphatic carbocycles. The van der Waals surface area contributed by atoms with Crippen molar-refractivity contribution in [1.82, 2.24) is 10.3 Å². The Morgan fingerprint density at radius 1 is 1.12 bits per heavy atom. The van der Waals surface area contributed by atoms with Crippen LogP contribution < -0.4 is 10.1 Å². The summed E-state index contributed by atoms with van der Waals surface area (Å²) in [6.45, 7) is 0.715. The van der Waals surface area contributed by atoms with Crippen LogP contribution in [0.5, 0.6) is 5.75 Å². The van der Waals surface area contributed by atoms with Gasteiger partial charge in [-0.3, -0.25) is 4.79 Å². The molecule has 1 amide bonds. The van der Waals surface area contributed by atoms with Crippen LogP contribution in [-0.4, -0.2) is 24.0 Å². The van der Waals surface area contributed by atoms with Crippen LogP contribution in [0.3, 0.4) is 0 Å². The first-order valence-electron chi connectivity index (χ1n) is 7.40. The first-order chi connectivity index (χ1) is 11.7. The van der Waals surface area contributed by atoms with E-state index in [0.717, 1.165) is 11.3 Å². The van der Waals surface area contributed by atoms with Crippen molar-refractivity contribution in [3.05, 3.63) is 71.7 Å². The summed E-state index contributed by atoms with van der Waals surface area (Å²) in [6, 6.07) is 16.5. The molecule has 3 aromatic rings. The quantitative estimate of drug-likeness (QED) is 0.692. The average molecular weight is 343 g/mol. The fourth-order valence-electron chi connectivity index (χ4n) is 2.05. The van der Waals surface area contributed by atoms with Gasteiger partial charge in [0, 0.05) is 10.6 Å². The van der Waals surface area contributed by atoms with Gasteiger partial charge in [-0.2, -0.15) is 0 Å². The lowest BCUT2D eigenvalue weighted by molar-refractivity contribution is 0.0913. The third kappa shape index (κ3) is 4.14. The number of nitrogens with one attached hydrogen (secondary N) is 1. The maximum Gasteiger partial charge on any atom is 0.307 e. The Morgan fingerprint density at radius 2 is 1.88 bits per heavy atom. The molecule has 0 saturated carbocycles. The number of hydrogen-bond acceptors (Lipinski definition) is 4. The van der Waals surface area contributed by atoms with E-state index in [4.69, 9.17) is 20.8 Å². The molecule has 2 aromatic carbocycles. The maximum atomic E-state index is 12.0. The molecule has 0 fully saturated rings. The van der Waals surface area contributed by atoms with Gasteiger partial charge in [0.05, 0.1) is 12.7 Å². The number of carbonyl (C=O) groups is 1. The number of aromatic nitrogens is 1. The highest BCUT2D eigenvalue weighted by molar-refractivity contribution is 6.30. The summed E-state index contributed by atoms with van der Waals surface area (Å²) in [4.78, 5) is 16.0. The van der Waals surface area contributed by atoms with E-state index >= 15 is 0 Å². The third-order valence-corrected chi connectivity index (χ3v) is 3.48. The van der Waals surface area contributed by atoms with Crippen LogP contribution >= 0.6 is 11.6 Å². The Bertz CT molecular complexity index is 801. The summed E-state index contributed by atoms with van der Waals surface area (Å²) in [5.74, 6) is 0.900. The lowest BCUT2D eigenvalue weighted by Crippen LogP contribution is -2.28. The van der Waals surface area contributed by atoms with E-state index in [-0.39, 0.29) is 11.8 Å². The van der Waals surface area contributed by atoms with Crippen molar-refractivity contribution in [1.29, 1.82) is 0 Å². The number of benzene rings is 2. The molecule has 0 spiro atoms. The molecule has 122 valence electrons. The van der Waals surface area contributed by atoms with Gasteiger partial charge in [-0.15, -0.1) is 0 Å². The molecule has 1 N–H and O–H groups in total. The van der Waals surface area contributed by atoms with Gasteiger partial charge in [-0.1, -0.05) is 29.8 Å². The second kappa shape index (κ2) is 7.66. The monoisotopic (exact) mass is 342 g/mol. The Morgan fingerprint density at radius 3 is 2.62 bits per heavy atom. The number of halogens is 1. The summed E-state index contributed by atoms with van der Waals surface area (Å²) < 4.78 is 11.0. The van der Waals surface area contributed by atoms with Crippen molar-refractivity contribution in [2.45, 2.75) is 0 Å². The number of carbonyl (C=O) groups excluding carboxylic acids is 1. The number of oxazole rings is 1. The summed E-state index contributed by atoms with van der Waals surface area (Å²) in [7, 11) is 0. The van der Waals surface area contributed by atoms with Gasteiger partial charge < -0.3 is 14.5 Å². The summed E-state index contributed by atoms with van der Waals surface area (Å²) >= 11 is 5.85. The number of rotatable bonds is 6. The Balaban J connectivity index is 1.51. The number of ether oxygens (including phenoxy) is 1. The zero-order valence-corrected chi connectivity index (χ0v) is 13.5. The van der Waals surface area contributed by atoms with E-state index in [1.807, 2.05) is 30.3 Å². The maximum absolute atomic E-state index is 12.0. The fraction of sp³-hybridized carbons (Fsp3) is 0.111. The molecule has 5 nitrogen and oxygen atoms in total. The van der Waals surface area contributed by atoms with Crippen LogP contribution in [0.1, 0.15) is 10.7 Å². The number of nitrogens with zero attached hydrogens (tertiary/aromatic N) is 1. The van der Waals surface area contributed by atoms with Crippen molar-refractivity contribution in [3.63, 3.8) is 0 Å². The number of para-hydroxylation sites is 1. The average Bonchev–Trinajstić information content (AvgIpc) is 3.10. The third-order valence-electron chi connectivity index (χ3n) is 3.23. The van der Waals surface area contributed by atoms with Crippen LogP contribution in [0, 0.1) is 0 Å². The zero-order valence-electron chi connectivity index (χ0n) is 12.7. The SMILES string of the molecule is O=C(NCCOc1ccccc1)c1ncc(-c2ccc(Cl)cc2)o1. The lowest BCUT2D eigenvalue weighted by atomic mass is 10.2. The van der Waals surface area contributed by atoms with Crippen LogP contribution in [-0.2, 0) is 0 Å². The minimum Gasteiger partial charge on any atom is -0.492 e. The van der Waals surface area contributed by atoms with E-state index < -0.39 is 0 Å². The normalized spacial score (nSPS) is 10.4. The Kier molecular flexibility index (Phi) is 5.13. The molecule has 0 atom stereocenters. The van der Waals surface area contributed by atoms with Crippen LogP contribution in [0.15, 0.2) is 65.2 Å². The summed E-state index contributed by atoms with van der Waals surface area (Å²) in [6.07, 6.45) is 1.51. The van der Waals surface area contributed by atoms with Crippen LogP contribution in [0.4, 0.5) is 0 Å². The molecule has 0 unspecified atom stereocenters. The molecular weight excluding hydrogens is 328 g/mol. The van der Waals surface area contributed by atoms with Crippen molar-refractivity contribution >= 4 is 17.5 Å². The smallest absolute Gasteiger partial charge is 0.307 e. The van der Waals surface area contributed by atoms with E-state index in [9.17, 15) is 4.79 Å². The second-order valence-corrected chi connectivity index (χ2v) is 5.39. The molecule has 1 aromatic heterocycles. The minimum absolute atomic E-state index is 0.0136. The summed E-state index contributed by atoms with van der Waals surface area (Å²) in [5, 5.41) is 3.34. The number of amides is 1. The van der Waals surface area contributed by atoms with E-state index in [2.05, 4.69) is 10.3 Å². The molecule has 0 saturated heterocycles. The Labute approximate surface area is 144 Å². The highest BCUT2D eigenvalue weighted by Gasteiger charge is 2.13. The molecular formula is C18H15ClN2O3. The molecule has 0 radical (unpaired) electrons. The van der Waals surface area contributed by atoms with Crippen molar-refractivity contribution < 1.29 is 13.9 Å². The van der Waals surface area contributed by atoms with Crippen LogP contribution in [0.2, 0.25) is 5.02 Å². The number of hydrogen-bond donors (Lipinski definition) is 1. The van der Waals surface area contributed by atoms with Gasteiger partial charge in [0.1, 0.15) is 12.4 Å². The van der Waals surface area contributed by atoms with Gasteiger partial charge in [-0.25, -0.2) is 4.98 Å². The predicted octanol–water partition coefficient (Wildman–Crippen LogP) is 3.80. The van der Waals surface area contributed by atoms with Gasteiger partial charge in [0.2, 0.25) is 0 Å². The van der Waals surface area contributed by atoms with Gasteiger partial charge >= 0.3 is 5.91 Å². The largest absolute Gasteiger partial charge is 0.492 e. The molecule has 0 aliphatic heterocycles. The molecule has 6 heteroatoms. The van der Waals surface area contributed by atoms with Crippen molar-refractivity contribution in [2.24, 2.45) is 0 Å². The highest BCUT2D eigenvalue weighted by Crippen LogP contribution is 2.22. The first kappa shape index (κ1) is 16.1. The van der Waals surface area contributed by atoms with Crippen LogP contribution in [0.25, 0.3) is 11.3 Å². The molecule has 0 aliphatic rings. The van der Waals surface area contributed by atoms with Gasteiger partial charge in [-0.05, 0) is 36.4 Å². The summed E-state index contributed by atoms with van der Waals surface area (Å²) in [5.41, 5.74) is 0.804. The van der Waals surface area contributed by atoms with E-state index in [0.29, 0.717) is 23.9 Å². The molecule has 0 bridgehead atoms. The second-order valence-electron chi connectivity index (χ2n) is 4.95. The highest BCUT2D eigenvalue weighted by atomic mass is 35.5. The standard InChI is InChI=1S/C18H15ClN2O3/c19-14-8-6-13(7-9-14)16-12-21-18(24-16)17(22)20-10-11-23-15-4-2-1-3-5-15/h1-9,12H,10-11H2,(H,20,22). The Hall–Kier alpha value is -2.79. The zero-order chi connectivity index (χ0) is 16.8. The van der Waals surface area contributed by atoms with Gasteiger partial charge in [0.15, 0.2) is 5.76 Å². The van der Waals surface area contributed by atoms with E-state index in [1.165, 1.54) is 6.20 Å². The molecule has 3 rings (SSSR count). The lowest BCUT2D eigenvalue weighted by Gasteiger charge is -2.06. The van der Waals surface area contributed by atoms with Crippen molar-refractivity contribution in [3.8, 4) is 17.1 Å². The predicted molar refractivity (Wildman–Crippen MR) is 91.2 cm³/mol. The fourth-order valence-corrected chi connectivity index (χ4v) is 2.18. The van der Waals surface area contributed by atoms with E-state index in [1.54, 1.807) is 24.3 Å². The minimum atomic E-state index is -0.383. The van der Waals surface area contributed by atoms with Crippen molar-refractivity contribution in [2.75, 3.05) is 13.2 Å². The molecule has 24 heavy (non-hydrogen) atoms. The topological polar surface area (TPSA) is 64.4 Å². The molecule has 1 heterocycles.